The Labute approximate surface area is 220 Å². The first-order valence-electron chi connectivity index (χ1n) is 12.2. The molecule has 196 valence electrons. The van der Waals surface area contributed by atoms with E-state index in [1.165, 1.54) is 18.3 Å². The van der Waals surface area contributed by atoms with Crippen molar-refractivity contribution in [3.63, 3.8) is 0 Å². The van der Waals surface area contributed by atoms with Gasteiger partial charge in [0, 0.05) is 52.4 Å². The molecule has 1 fully saturated rings. The molecule has 6 rings (SSSR count). The van der Waals surface area contributed by atoms with Crippen LogP contribution in [0.2, 0.25) is 0 Å². The molecule has 2 amide bonds. The SMILES string of the molecule is NC(=O)c1ncc(-c2cccc(NC(=O)c3ccc(F)cn3)c2F)c2c1[nH]c1cc(N3CCOCC3)ccc12. The zero-order chi connectivity index (χ0) is 27.1. The fraction of sp³-hybridized carbons (Fsp3) is 0.143. The topological polar surface area (TPSA) is 126 Å². The molecule has 3 aromatic heterocycles. The molecule has 0 spiro atoms. The van der Waals surface area contributed by atoms with Crippen LogP contribution in [0.3, 0.4) is 0 Å². The van der Waals surface area contributed by atoms with Crippen LogP contribution in [0, 0.1) is 11.6 Å². The van der Waals surface area contributed by atoms with Crippen LogP contribution >= 0.6 is 0 Å². The molecule has 39 heavy (non-hydrogen) atoms. The van der Waals surface area contributed by atoms with E-state index < -0.39 is 23.4 Å². The number of nitrogens with one attached hydrogen (secondary N) is 2. The van der Waals surface area contributed by atoms with E-state index in [9.17, 15) is 14.0 Å². The second kappa shape index (κ2) is 9.76. The molecule has 9 nitrogen and oxygen atoms in total. The minimum absolute atomic E-state index is 0.0325. The van der Waals surface area contributed by atoms with Gasteiger partial charge in [0.1, 0.15) is 11.5 Å². The summed E-state index contributed by atoms with van der Waals surface area (Å²) in [6, 6.07) is 12.7. The largest absolute Gasteiger partial charge is 0.378 e. The average molecular weight is 529 g/mol. The smallest absolute Gasteiger partial charge is 0.274 e. The van der Waals surface area contributed by atoms with Crippen molar-refractivity contribution in [2.45, 2.75) is 0 Å². The van der Waals surface area contributed by atoms with Crippen molar-refractivity contribution in [2.75, 3.05) is 36.5 Å². The molecule has 4 N–H and O–H groups in total. The number of aromatic nitrogens is 3. The number of morpholine rings is 1. The third kappa shape index (κ3) is 4.42. The predicted molar refractivity (Wildman–Crippen MR) is 143 cm³/mol. The predicted octanol–water partition coefficient (Wildman–Crippen LogP) is 4.24. The number of primary amides is 1. The van der Waals surface area contributed by atoms with E-state index in [1.807, 2.05) is 18.2 Å². The van der Waals surface area contributed by atoms with Gasteiger partial charge in [0.05, 0.1) is 30.6 Å². The van der Waals surface area contributed by atoms with Crippen LogP contribution in [0.5, 0.6) is 0 Å². The van der Waals surface area contributed by atoms with Crippen LogP contribution < -0.4 is 16.0 Å². The maximum atomic E-state index is 15.9. The Hall–Kier alpha value is -4.90. The van der Waals surface area contributed by atoms with E-state index in [-0.39, 0.29) is 22.6 Å². The number of benzene rings is 2. The molecule has 5 aromatic rings. The molecule has 1 aliphatic heterocycles. The monoisotopic (exact) mass is 528 g/mol. The summed E-state index contributed by atoms with van der Waals surface area (Å²) in [7, 11) is 0. The number of H-pyrrole nitrogens is 1. The zero-order valence-electron chi connectivity index (χ0n) is 20.5. The zero-order valence-corrected chi connectivity index (χ0v) is 20.5. The van der Waals surface area contributed by atoms with Crippen LogP contribution in [-0.2, 0) is 4.74 Å². The summed E-state index contributed by atoms with van der Waals surface area (Å²) < 4.78 is 34.5. The first kappa shape index (κ1) is 24.4. The van der Waals surface area contributed by atoms with Gasteiger partial charge in [-0.25, -0.2) is 18.7 Å². The van der Waals surface area contributed by atoms with Crippen molar-refractivity contribution in [2.24, 2.45) is 5.73 Å². The van der Waals surface area contributed by atoms with E-state index in [2.05, 4.69) is 25.2 Å². The number of amides is 2. The molecule has 1 saturated heterocycles. The van der Waals surface area contributed by atoms with E-state index in [1.54, 1.807) is 12.1 Å². The molecule has 0 atom stereocenters. The van der Waals surface area contributed by atoms with E-state index >= 15 is 4.39 Å². The Balaban J connectivity index is 1.46. The van der Waals surface area contributed by atoms with Crippen LogP contribution in [0.25, 0.3) is 32.9 Å². The van der Waals surface area contributed by atoms with Crippen LogP contribution in [0.4, 0.5) is 20.2 Å². The summed E-state index contributed by atoms with van der Waals surface area (Å²) in [6.45, 7) is 2.77. The molecule has 1 aliphatic rings. The minimum Gasteiger partial charge on any atom is -0.378 e. The number of hydrogen-bond acceptors (Lipinski definition) is 6. The van der Waals surface area contributed by atoms with E-state index in [4.69, 9.17) is 10.5 Å². The van der Waals surface area contributed by atoms with Crippen LogP contribution in [0.1, 0.15) is 21.0 Å². The number of halogens is 2. The fourth-order valence-electron chi connectivity index (χ4n) is 4.84. The Morgan fingerprint density at radius 1 is 1.00 bits per heavy atom. The number of fused-ring (bicyclic) bond motifs is 3. The highest BCUT2D eigenvalue weighted by molar-refractivity contribution is 6.19. The highest BCUT2D eigenvalue weighted by Crippen LogP contribution is 2.39. The van der Waals surface area contributed by atoms with Crippen molar-refractivity contribution in [1.82, 2.24) is 15.0 Å². The number of anilines is 2. The maximum Gasteiger partial charge on any atom is 0.274 e. The van der Waals surface area contributed by atoms with Gasteiger partial charge in [-0.2, -0.15) is 0 Å². The maximum absolute atomic E-state index is 15.9. The van der Waals surface area contributed by atoms with Gasteiger partial charge in [0.15, 0.2) is 11.5 Å². The summed E-state index contributed by atoms with van der Waals surface area (Å²) in [5.41, 5.74) is 8.17. The first-order chi connectivity index (χ1) is 18.9. The molecule has 0 aliphatic carbocycles. The van der Waals surface area contributed by atoms with Gasteiger partial charge < -0.3 is 25.7 Å². The number of nitrogens with zero attached hydrogens (tertiary/aromatic N) is 3. The third-order valence-corrected chi connectivity index (χ3v) is 6.72. The summed E-state index contributed by atoms with van der Waals surface area (Å²) in [5.74, 6) is -2.71. The number of pyridine rings is 2. The third-order valence-electron chi connectivity index (χ3n) is 6.72. The lowest BCUT2D eigenvalue weighted by Gasteiger charge is -2.28. The summed E-state index contributed by atoms with van der Waals surface area (Å²) in [5, 5.41) is 3.82. The number of aromatic amines is 1. The molecular formula is C28H22F2N6O3. The van der Waals surface area contributed by atoms with Gasteiger partial charge in [-0.05, 0) is 30.3 Å². The number of carbonyl (C=O) groups is 2. The standard InChI is InChI=1S/C28H22F2N6O3/c29-15-4-7-21(32-13-15)28(38)35-20-3-1-2-17(24(20)30)19-14-33-26(27(31)37)25-23(19)18-6-5-16(12-22(18)34-25)36-8-10-39-11-9-36/h1-7,12-14,34H,8-11H2,(H2,31,37)(H,35,38). The van der Waals surface area contributed by atoms with Gasteiger partial charge in [-0.3, -0.25) is 9.59 Å². The second-order valence-electron chi connectivity index (χ2n) is 9.07. The highest BCUT2D eigenvalue weighted by Gasteiger charge is 2.22. The Morgan fingerprint density at radius 2 is 1.82 bits per heavy atom. The lowest BCUT2D eigenvalue weighted by atomic mass is 9.99. The summed E-state index contributed by atoms with van der Waals surface area (Å²) >= 11 is 0. The van der Waals surface area contributed by atoms with Crippen molar-refractivity contribution >= 4 is 45.0 Å². The number of hydrogen-bond donors (Lipinski definition) is 3. The van der Waals surface area contributed by atoms with Gasteiger partial charge in [0.2, 0.25) is 0 Å². The van der Waals surface area contributed by atoms with Crippen molar-refractivity contribution in [3.8, 4) is 11.1 Å². The summed E-state index contributed by atoms with van der Waals surface area (Å²) in [4.78, 5) is 38.3. The second-order valence-corrected chi connectivity index (χ2v) is 9.07. The Morgan fingerprint density at radius 3 is 2.56 bits per heavy atom. The highest BCUT2D eigenvalue weighted by atomic mass is 19.1. The Bertz CT molecular complexity index is 1750. The van der Waals surface area contributed by atoms with Crippen LogP contribution in [0.15, 0.2) is 60.9 Å². The van der Waals surface area contributed by atoms with Gasteiger partial charge in [-0.15, -0.1) is 0 Å². The normalized spacial score (nSPS) is 13.6. The molecule has 0 saturated carbocycles. The lowest BCUT2D eigenvalue weighted by molar-refractivity contribution is 0.0994. The number of nitrogens with two attached hydrogens (primary N) is 1. The molecular weight excluding hydrogens is 506 g/mol. The number of carbonyl (C=O) groups excluding carboxylic acids is 2. The van der Waals surface area contributed by atoms with Crippen molar-refractivity contribution < 1.29 is 23.1 Å². The fourth-order valence-corrected chi connectivity index (χ4v) is 4.84. The lowest BCUT2D eigenvalue weighted by Crippen LogP contribution is -2.36. The van der Waals surface area contributed by atoms with Gasteiger partial charge in [-0.1, -0.05) is 18.2 Å². The molecule has 11 heteroatoms. The molecule has 2 aromatic carbocycles. The Kier molecular flexibility index (Phi) is 6.12. The van der Waals surface area contributed by atoms with E-state index in [0.717, 1.165) is 41.9 Å². The molecule has 0 unspecified atom stereocenters. The quantitative estimate of drug-likeness (QED) is 0.313. The van der Waals surface area contributed by atoms with Crippen molar-refractivity contribution in [3.05, 3.63) is 83.9 Å². The van der Waals surface area contributed by atoms with Gasteiger partial charge >= 0.3 is 0 Å². The number of rotatable bonds is 5. The molecule has 4 heterocycles. The van der Waals surface area contributed by atoms with Crippen molar-refractivity contribution in [1.29, 1.82) is 0 Å². The minimum atomic E-state index is -0.722. The van der Waals surface area contributed by atoms with Gasteiger partial charge in [0.25, 0.3) is 11.8 Å². The molecule has 0 bridgehead atoms. The summed E-state index contributed by atoms with van der Waals surface area (Å²) in [6.07, 6.45) is 2.31. The first-order valence-corrected chi connectivity index (χ1v) is 12.2. The molecule has 0 radical (unpaired) electrons. The average Bonchev–Trinajstić information content (AvgIpc) is 3.33. The van der Waals surface area contributed by atoms with Crippen LogP contribution in [-0.4, -0.2) is 53.1 Å². The number of ether oxygens (including phenoxy) is 1. The van der Waals surface area contributed by atoms with E-state index in [0.29, 0.717) is 29.7 Å².